The Balaban J connectivity index is 1.63. The average molecular weight is 535 g/mol. The molecule has 0 N–H and O–H groups in total. The van der Waals surface area contributed by atoms with Crippen LogP contribution in [-0.2, 0) is 0 Å². The maximum absolute atomic E-state index is 2.50. The molecule has 8 heteroatoms. The summed E-state index contributed by atoms with van der Waals surface area (Å²) in [5.74, 6) is 0. The van der Waals surface area contributed by atoms with E-state index in [-0.39, 0.29) is 0 Å². The topological polar surface area (TPSA) is 0 Å². The first-order valence-electron chi connectivity index (χ1n) is 9.99. The van der Waals surface area contributed by atoms with Crippen molar-refractivity contribution >= 4 is 131 Å². The molecule has 6 heterocycles. The fourth-order valence-corrected chi connectivity index (χ4v) is 16.6. The molecule has 0 fully saturated rings. The van der Waals surface area contributed by atoms with E-state index in [1.807, 2.05) is 56.7 Å². The maximum atomic E-state index is 2.50. The molecule has 0 aliphatic carbocycles. The molecule has 0 radical (unpaired) electrons. The van der Waals surface area contributed by atoms with Gasteiger partial charge in [0, 0.05) is 51.9 Å². The van der Waals surface area contributed by atoms with E-state index in [1.165, 1.54) is 44.7 Å². The molecule has 0 bridgehead atoms. The first kappa shape index (κ1) is 20.3. The van der Waals surface area contributed by atoms with Gasteiger partial charge in [-0.25, -0.2) is 0 Å². The highest BCUT2D eigenvalue weighted by molar-refractivity contribution is 7.46. The van der Waals surface area contributed by atoms with Gasteiger partial charge in [-0.2, -0.15) is 11.3 Å². The molecule has 0 saturated carbocycles. The normalized spacial score (nSPS) is 13.7. The minimum Gasteiger partial charge on any atom is -0.151 e. The molecular formula is C22H22S6Si2. The summed E-state index contributed by atoms with van der Waals surface area (Å²) >= 11 is 12.0. The van der Waals surface area contributed by atoms with Gasteiger partial charge in [0.15, 0.2) is 0 Å². The zero-order chi connectivity index (χ0) is 21.0. The fourth-order valence-electron chi connectivity index (χ4n) is 4.02. The summed E-state index contributed by atoms with van der Waals surface area (Å²) in [6.07, 6.45) is 0. The van der Waals surface area contributed by atoms with E-state index >= 15 is 0 Å². The van der Waals surface area contributed by atoms with E-state index < -0.39 is 16.1 Å². The molecule has 0 nitrogen and oxygen atoms in total. The SMILES string of the molecule is C[Si](C)(C)c1cc2sc3scc(-c4csc5sc6c([Si](C)(C)C)scc6c45)c3c2s1. The molecule has 0 aromatic carbocycles. The second-order valence-corrected chi connectivity index (χ2v) is 27.0. The number of hydrogen-bond donors (Lipinski definition) is 0. The smallest absolute Gasteiger partial charge is 0.0923 e. The van der Waals surface area contributed by atoms with Crippen LogP contribution in [0.4, 0.5) is 0 Å². The maximum Gasteiger partial charge on any atom is 0.0923 e. The van der Waals surface area contributed by atoms with E-state index in [4.69, 9.17) is 0 Å². The molecule has 154 valence electrons. The summed E-state index contributed by atoms with van der Waals surface area (Å²) in [6, 6.07) is 2.50. The highest BCUT2D eigenvalue weighted by Crippen LogP contribution is 2.51. The standard InChI is InChI=1S/C22H22S6Si2/c1-29(2,3)15-7-14-19(27-15)17-12(9-24-21(17)26-14)11-8-23-20-16(11)13-10-25-22(18(13)28-20)30(4,5)6/h7-10H,1-6H3. The van der Waals surface area contributed by atoms with Gasteiger partial charge in [-0.3, -0.25) is 0 Å². The van der Waals surface area contributed by atoms with Crippen LogP contribution in [-0.4, -0.2) is 16.1 Å². The van der Waals surface area contributed by atoms with E-state index in [1.54, 1.807) is 13.7 Å². The van der Waals surface area contributed by atoms with Crippen LogP contribution in [0.15, 0.2) is 22.2 Å². The average Bonchev–Trinajstić information content (AvgIpc) is 3.39. The van der Waals surface area contributed by atoms with Gasteiger partial charge in [0.05, 0.1) is 28.9 Å². The van der Waals surface area contributed by atoms with Crippen LogP contribution in [0.2, 0.25) is 39.3 Å². The van der Waals surface area contributed by atoms with Crippen LogP contribution in [0, 0.1) is 0 Å². The number of rotatable bonds is 3. The van der Waals surface area contributed by atoms with Crippen LogP contribution in [0.3, 0.4) is 0 Å². The third kappa shape index (κ3) is 2.88. The molecule has 0 saturated heterocycles. The second-order valence-electron chi connectivity index (χ2n) is 9.94. The minimum absolute atomic E-state index is 1.28. The third-order valence-corrected chi connectivity index (χ3v) is 19.9. The fraction of sp³-hybridized carbons (Fsp3) is 0.273. The predicted octanol–water partition coefficient (Wildman–Crippen LogP) is 9.43. The molecule has 0 spiro atoms. The summed E-state index contributed by atoms with van der Waals surface area (Å²) in [5.41, 5.74) is 2.94. The lowest BCUT2D eigenvalue weighted by molar-refractivity contribution is 1.79. The third-order valence-electron chi connectivity index (χ3n) is 5.56. The molecular weight excluding hydrogens is 513 g/mol. The van der Waals surface area contributed by atoms with Crippen LogP contribution in [0.25, 0.3) is 49.4 Å². The Morgan fingerprint density at radius 3 is 1.97 bits per heavy atom. The Labute approximate surface area is 202 Å². The Morgan fingerprint density at radius 2 is 1.30 bits per heavy atom. The predicted molar refractivity (Wildman–Crippen MR) is 155 cm³/mol. The zero-order valence-electron chi connectivity index (χ0n) is 17.8. The summed E-state index contributed by atoms with van der Waals surface area (Å²) in [7, 11) is -2.58. The summed E-state index contributed by atoms with van der Waals surface area (Å²) < 4.78 is 10.9. The first-order chi connectivity index (χ1) is 14.1. The van der Waals surface area contributed by atoms with Crippen molar-refractivity contribution in [2.24, 2.45) is 0 Å². The highest BCUT2D eigenvalue weighted by Gasteiger charge is 2.27. The van der Waals surface area contributed by atoms with Gasteiger partial charge in [0.25, 0.3) is 0 Å². The Bertz CT molecular complexity index is 1550. The molecule has 0 unspecified atom stereocenters. The Kier molecular flexibility index (Phi) is 4.47. The van der Waals surface area contributed by atoms with Crippen LogP contribution in [0.5, 0.6) is 0 Å². The van der Waals surface area contributed by atoms with Gasteiger partial charge in [0.1, 0.15) is 0 Å². The van der Waals surface area contributed by atoms with Crippen molar-refractivity contribution in [3.63, 3.8) is 0 Å². The van der Waals surface area contributed by atoms with Crippen molar-refractivity contribution in [1.82, 2.24) is 0 Å². The van der Waals surface area contributed by atoms with Gasteiger partial charge >= 0.3 is 0 Å². The summed E-state index contributed by atoms with van der Waals surface area (Å²) in [4.78, 5) is 0. The van der Waals surface area contributed by atoms with Crippen molar-refractivity contribution < 1.29 is 0 Å². The summed E-state index contributed by atoms with van der Waals surface area (Å²) in [6.45, 7) is 14.8. The van der Waals surface area contributed by atoms with E-state index in [9.17, 15) is 0 Å². The molecule has 0 aliphatic heterocycles. The van der Waals surface area contributed by atoms with Crippen molar-refractivity contribution in [2.45, 2.75) is 39.3 Å². The van der Waals surface area contributed by atoms with Crippen molar-refractivity contribution in [3.8, 4) is 11.1 Å². The monoisotopic (exact) mass is 534 g/mol. The van der Waals surface area contributed by atoms with E-state index in [0.717, 1.165) is 0 Å². The molecule has 0 atom stereocenters. The number of thiophene rings is 6. The molecule has 30 heavy (non-hydrogen) atoms. The van der Waals surface area contributed by atoms with Gasteiger partial charge in [-0.1, -0.05) is 39.3 Å². The van der Waals surface area contributed by atoms with Crippen LogP contribution >= 0.6 is 68.0 Å². The van der Waals surface area contributed by atoms with Gasteiger partial charge in [0.2, 0.25) is 0 Å². The molecule has 6 aromatic rings. The Morgan fingerprint density at radius 1 is 0.633 bits per heavy atom. The van der Waals surface area contributed by atoms with Crippen LogP contribution < -0.4 is 9.00 Å². The highest BCUT2D eigenvalue weighted by atomic mass is 32.2. The zero-order valence-corrected chi connectivity index (χ0v) is 24.7. The van der Waals surface area contributed by atoms with Crippen molar-refractivity contribution in [1.29, 1.82) is 0 Å². The molecule has 6 aromatic heterocycles. The van der Waals surface area contributed by atoms with Crippen molar-refractivity contribution in [3.05, 3.63) is 22.2 Å². The first-order valence-corrected chi connectivity index (χ1v) is 22.1. The van der Waals surface area contributed by atoms with Crippen LogP contribution in [0.1, 0.15) is 0 Å². The van der Waals surface area contributed by atoms with E-state index in [0.29, 0.717) is 0 Å². The lowest BCUT2D eigenvalue weighted by atomic mass is 10.1. The largest absolute Gasteiger partial charge is 0.151 e. The van der Waals surface area contributed by atoms with Crippen molar-refractivity contribution in [2.75, 3.05) is 0 Å². The lowest BCUT2D eigenvalue weighted by Gasteiger charge is -2.12. The van der Waals surface area contributed by atoms with Gasteiger partial charge in [-0.15, -0.1) is 56.7 Å². The molecule has 0 amide bonds. The molecule has 6 rings (SSSR count). The Hall–Kier alpha value is -0.326. The quantitative estimate of drug-likeness (QED) is 0.198. The van der Waals surface area contributed by atoms with Gasteiger partial charge < -0.3 is 0 Å². The number of fused-ring (bicyclic) bond motifs is 6. The van der Waals surface area contributed by atoms with Gasteiger partial charge in [-0.05, 0) is 15.9 Å². The lowest BCUT2D eigenvalue weighted by Crippen LogP contribution is -2.35. The summed E-state index contributed by atoms with van der Waals surface area (Å²) in [5, 5.41) is 11.8. The minimum atomic E-state index is -1.31. The van der Waals surface area contributed by atoms with E-state index in [2.05, 4.69) is 72.8 Å². The second kappa shape index (κ2) is 6.60. The molecule has 0 aliphatic rings. The number of hydrogen-bond acceptors (Lipinski definition) is 6.